The minimum absolute atomic E-state index is 0.00569. The normalized spacial score (nSPS) is 17.4. The van der Waals surface area contributed by atoms with Gasteiger partial charge in [0.1, 0.15) is 112 Å². The van der Waals surface area contributed by atoms with E-state index in [4.69, 9.17) is 77.4 Å². The Morgan fingerprint density at radius 2 is 0.820 bits per heavy atom. The first kappa shape index (κ1) is 105. The zero-order chi connectivity index (χ0) is 98.3. The predicted octanol–water partition coefficient (Wildman–Crippen LogP) is 18.3. The van der Waals surface area contributed by atoms with Crippen molar-refractivity contribution >= 4 is 139 Å². The zero-order valence-corrected chi connectivity index (χ0v) is 86.1. The van der Waals surface area contributed by atoms with Crippen molar-refractivity contribution in [2.45, 2.75) is 205 Å². The topological polar surface area (TPSA) is 354 Å². The van der Waals surface area contributed by atoms with Crippen LogP contribution in [0.15, 0.2) is 171 Å². The molecule has 13 heterocycles. The third-order valence-corrected chi connectivity index (χ3v) is 29.5. The maximum atomic E-state index is 13.4. The molecule has 4 aromatic carbocycles. The van der Waals surface area contributed by atoms with E-state index in [1.165, 1.54) is 37.2 Å². The van der Waals surface area contributed by atoms with Crippen LogP contribution in [-0.2, 0) is 66.7 Å². The first-order valence-electron chi connectivity index (χ1n) is 47.8. The van der Waals surface area contributed by atoms with Crippen molar-refractivity contribution in [2.75, 3.05) is 109 Å². The number of nitrogens with zero attached hydrogens (tertiary/aromatic N) is 15. The van der Waals surface area contributed by atoms with E-state index in [0.717, 1.165) is 159 Å². The SMILES string of the molecule is C[Si](C)(C)CCOCn1ccc2c(O[C@@H]3CCCN(C(=O)CNc4cc(Cl)cc(Cl)c4)C3)ncnc21.C[Si](C)(C)CCOCn1ccc2c(O[C@@H]3CCCN(C(=O)OCc4ccccc4)C3)ncnc21.C[Si](C)(C)CCOCn1ccc2c(O[C@@H]3CCCNC3)ncnc21.O=C(CNc1cc(F)cc(Cl)c1)N1CCC[C@@H](Oc2ncnc3[nH]ccc23)C1.O=C(OCc1ccccc1)N1CCC[C@@H](O)C1. The summed E-state index contributed by atoms with van der Waals surface area (Å²) in [7, 11) is -3.30. The van der Waals surface area contributed by atoms with Crippen LogP contribution in [0.5, 0.6) is 23.5 Å². The smallest absolute Gasteiger partial charge is 0.410 e. The van der Waals surface area contributed by atoms with Gasteiger partial charge in [-0.15, -0.1) is 0 Å². The monoisotopic (exact) mass is 2020 g/mol. The highest BCUT2D eigenvalue weighted by Gasteiger charge is 2.32. The molecule has 5 N–H and O–H groups in total. The number of anilines is 2. The molecule has 33 nitrogen and oxygen atoms in total. The molecule has 5 aliphatic rings. The molecule has 40 heteroatoms. The van der Waals surface area contributed by atoms with Crippen LogP contribution in [0.25, 0.3) is 44.1 Å². The maximum absolute atomic E-state index is 13.4. The van der Waals surface area contributed by atoms with Crippen LogP contribution in [0, 0.1) is 5.82 Å². The average molecular weight is 2020 g/mol. The van der Waals surface area contributed by atoms with Crippen LogP contribution < -0.4 is 34.9 Å². The van der Waals surface area contributed by atoms with E-state index in [0.29, 0.717) is 123 Å². The summed E-state index contributed by atoms with van der Waals surface area (Å²) in [4.78, 5) is 94.3. The number of benzene rings is 4. The summed E-state index contributed by atoms with van der Waals surface area (Å²) in [6.45, 7) is 32.1. The summed E-state index contributed by atoms with van der Waals surface area (Å²) in [5.74, 6) is 1.72. The molecule has 5 atom stereocenters. The van der Waals surface area contributed by atoms with Gasteiger partial charge in [0.25, 0.3) is 0 Å². The summed E-state index contributed by atoms with van der Waals surface area (Å²) in [5.41, 5.74) is 6.27. The Kier molecular flexibility index (Phi) is 39.3. The number of ether oxygens (including phenoxy) is 9. The van der Waals surface area contributed by atoms with Gasteiger partial charge in [0.15, 0.2) is 0 Å². The number of hydrogen-bond acceptors (Lipinski definition) is 25. The molecule has 746 valence electrons. The first-order chi connectivity index (χ1) is 66.9. The number of aliphatic hydroxyl groups is 1. The van der Waals surface area contributed by atoms with Crippen molar-refractivity contribution in [2.24, 2.45) is 0 Å². The minimum atomic E-state index is -1.13. The first-order valence-corrected chi connectivity index (χ1v) is 60.0. The Hall–Kier alpha value is -11.1. The van der Waals surface area contributed by atoms with Crippen LogP contribution in [0.1, 0.15) is 75.3 Å². The third kappa shape index (κ3) is 33.8. The number of piperidine rings is 5. The number of fused-ring (bicyclic) bond motifs is 4. The molecule has 5 aliphatic heterocycles. The highest BCUT2D eigenvalue weighted by atomic mass is 35.5. The zero-order valence-electron chi connectivity index (χ0n) is 80.9. The van der Waals surface area contributed by atoms with Gasteiger partial charge in [-0.3, -0.25) is 9.59 Å². The quantitative estimate of drug-likeness (QED) is 0.0188. The number of β-amino-alcohol motifs (C(OH)–C–C–N with tert-alkyl or cyclic N) is 1. The van der Waals surface area contributed by atoms with Crippen LogP contribution in [-0.4, -0.2) is 260 Å². The third-order valence-electron chi connectivity index (χ3n) is 23.7. The molecule has 12 aromatic rings. The van der Waals surface area contributed by atoms with Crippen molar-refractivity contribution in [3.63, 3.8) is 0 Å². The number of aromatic amines is 1. The predicted molar refractivity (Wildman–Crippen MR) is 546 cm³/mol. The van der Waals surface area contributed by atoms with E-state index >= 15 is 0 Å². The van der Waals surface area contributed by atoms with E-state index < -0.39 is 36.1 Å². The second-order valence-electron chi connectivity index (χ2n) is 38.8. The summed E-state index contributed by atoms with van der Waals surface area (Å²) < 4.78 is 72.3. The number of halogens is 4. The largest absolute Gasteiger partial charge is 0.472 e. The molecule has 8 aromatic heterocycles. The Bertz CT molecular complexity index is 5870. The minimum Gasteiger partial charge on any atom is -0.472 e. The lowest BCUT2D eigenvalue weighted by Crippen LogP contribution is -2.46. The van der Waals surface area contributed by atoms with Gasteiger partial charge in [-0.1, -0.05) is 154 Å². The Morgan fingerprint density at radius 1 is 0.439 bits per heavy atom. The lowest BCUT2D eigenvalue weighted by atomic mass is 10.1. The summed E-state index contributed by atoms with van der Waals surface area (Å²) in [6.07, 6.45) is 21.4. The van der Waals surface area contributed by atoms with Crippen LogP contribution in [0.4, 0.5) is 25.4 Å². The van der Waals surface area contributed by atoms with Crippen molar-refractivity contribution < 1.29 is 71.3 Å². The number of H-pyrrole nitrogens is 1. The second kappa shape index (κ2) is 51.9. The van der Waals surface area contributed by atoms with E-state index in [1.54, 1.807) is 51.5 Å². The fraction of sp³-hybridized carbons (Fsp3) is 0.475. The lowest BCUT2D eigenvalue weighted by Gasteiger charge is -2.32. The van der Waals surface area contributed by atoms with Crippen molar-refractivity contribution in [1.82, 2.24) is 83.5 Å². The van der Waals surface area contributed by atoms with Gasteiger partial charge in [0.2, 0.25) is 35.3 Å². The fourth-order valence-corrected chi connectivity index (χ4v) is 19.0. The number of carbonyl (C=O) groups excluding carboxylic acids is 4. The summed E-state index contributed by atoms with van der Waals surface area (Å²) in [5, 5.41) is 23.6. The number of carbonyl (C=O) groups is 4. The van der Waals surface area contributed by atoms with Crippen molar-refractivity contribution in [3.05, 3.63) is 203 Å². The average Bonchev–Trinajstić information content (AvgIpc) is 1.67. The van der Waals surface area contributed by atoms with Crippen LogP contribution in [0.3, 0.4) is 0 Å². The molecule has 0 radical (unpaired) electrons. The number of nitrogens with one attached hydrogen (secondary N) is 4. The number of hydrogen-bond donors (Lipinski definition) is 5. The summed E-state index contributed by atoms with van der Waals surface area (Å²) >= 11 is 17.9. The van der Waals surface area contributed by atoms with Gasteiger partial charge >= 0.3 is 12.2 Å². The molecule has 4 amide bonds. The van der Waals surface area contributed by atoms with Crippen molar-refractivity contribution in [3.8, 4) is 23.5 Å². The second-order valence-corrected chi connectivity index (χ2v) is 56.9. The molecule has 17 rings (SSSR count). The highest BCUT2D eigenvalue weighted by Crippen LogP contribution is 2.33. The lowest BCUT2D eigenvalue weighted by molar-refractivity contribution is -0.132. The molecule has 139 heavy (non-hydrogen) atoms. The number of rotatable bonds is 33. The molecule has 0 unspecified atom stereocenters. The number of aliphatic hydroxyl groups excluding tert-OH is 1. The van der Waals surface area contributed by atoms with Gasteiger partial charge in [0.05, 0.1) is 60.4 Å². The maximum Gasteiger partial charge on any atom is 0.410 e. The van der Waals surface area contributed by atoms with Gasteiger partial charge in [-0.25, -0.2) is 53.9 Å². The summed E-state index contributed by atoms with van der Waals surface area (Å²) in [6, 6.07) is 39.7. The van der Waals surface area contributed by atoms with Gasteiger partial charge in [0, 0.05) is 135 Å². The molecule has 0 spiro atoms. The van der Waals surface area contributed by atoms with Crippen LogP contribution in [0.2, 0.25) is 92.1 Å². The molecule has 0 bridgehead atoms. The van der Waals surface area contributed by atoms with Gasteiger partial charge < -0.3 is 102 Å². The van der Waals surface area contributed by atoms with E-state index in [-0.39, 0.29) is 79.7 Å². The Morgan fingerprint density at radius 3 is 1.24 bits per heavy atom. The number of amides is 4. The van der Waals surface area contributed by atoms with Crippen LogP contribution >= 0.6 is 34.8 Å². The molecule has 0 saturated carbocycles. The molecular weight excluding hydrogens is 1890 g/mol. The Labute approximate surface area is 829 Å². The van der Waals surface area contributed by atoms with Crippen molar-refractivity contribution in [1.29, 1.82) is 0 Å². The van der Waals surface area contributed by atoms with E-state index in [1.807, 2.05) is 122 Å². The van der Waals surface area contributed by atoms with Gasteiger partial charge in [-0.2, -0.15) is 0 Å². The number of aromatic nitrogens is 12. The molecule has 5 saturated heterocycles. The molecule has 0 aliphatic carbocycles. The Balaban J connectivity index is 0.000000149. The standard InChI is InChI=1S/C25H33Cl2N5O3Si.C25H34N4O4Si.C19H19ClFN5O2.C17H28N4O2Si.C13H17NO3/c1-36(2,3)10-9-34-17-32-8-6-22-24(32)29-16-30-25(22)35-21-5-4-7-31(15-21)23(33)14-28-20-12-18(26)11-19(27)13-20;1-34(2,3)15-14-31-19-29-13-11-22-23(29)26-18-27-24(22)33-21-10-7-12-28(16-21)25(30)32-17-20-8-5-4-6-9-20;20-12-6-13(21)8-14(7-12)23-9-17(27)26-5-1-2-15(10-26)28-19-16-3-4-22-18(16)24-11-25-19;1-24(2,3)10-9-22-13-21-8-6-15-16(21)19-12-20-17(15)23-14-5-4-7-18-11-14;15-12-7-4-8-14(9-12)13(16)17-10-11-5-2-1-3-6-11/h6,8,11-13,16,21,28H,4-5,7,9-10,14-15,17H2,1-3H3;4-6,8-9,11,13,18,21H,7,10,12,14-17,19H2,1-3H3;3-4,6-8,11,15,23H,1-2,5,9-10H2,(H,22,24,25);6,8,12,14,18H,4-5,7,9-11,13H2,1-3H3;1-3,5-6,12,15H,4,7-10H2/t2*21-;15-;14-;12-/m11111/s1. The van der Waals surface area contributed by atoms with E-state index in [9.17, 15) is 28.7 Å². The van der Waals surface area contributed by atoms with Gasteiger partial charge in [-0.05, 0) is 161 Å². The number of likely N-dealkylation sites (tertiary alicyclic amines) is 4. The fourth-order valence-electron chi connectivity index (χ4n) is 16.0. The van der Waals surface area contributed by atoms with E-state index in [2.05, 4.69) is 120 Å². The molecular formula is C99H131Cl3FN19O14Si3. The molecule has 5 fully saturated rings. The highest BCUT2D eigenvalue weighted by molar-refractivity contribution is 6.76.